The van der Waals surface area contributed by atoms with Gasteiger partial charge in [-0.25, -0.2) is 4.98 Å². The number of hydrogen-bond acceptors (Lipinski definition) is 6. The summed E-state index contributed by atoms with van der Waals surface area (Å²) in [7, 11) is 0. The van der Waals surface area contributed by atoms with Gasteiger partial charge in [-0.1, -0.05) is 30.3 Å². The van der Waals surface area contributed by atoms with E-state index in [0.29, 0.717) is 23.0 Å². The maximum atomic E-state index is 9.21. The number of nitrogens with zero attached hydrogens (tertiary/aromatic N) is 3. The summed E-state index contributed by atoms with van der Waals surface area (Å²) < 4.78 is 5.80. The number of nitrogens with one attached hydrogen (secondary N) is 2. The third-order valence-corrected chi connectivity index (χ3v) is 4.06. The minimum absolute atomic E-state index is 0.404. The average molecular weight is 379 g/mol. The second-order valence-electron chi connectivity index (χ2n) is 6.11. The van der Waals surface area contributed by atoms with Crippen LogP contribution in [-0.4, -0.2) is 9.97 Å². The van der Waals surface area contributed by atoms with E-state index in [9.17, 15) is 5.26 Å². The molecule has 6 nitrogen and oxygen atoms in total. The van der Waals surface area contributed by atoms with E-state index >= 15 is 0 Å². The van der Waals surface area contributed by atoms with Gasteiger partial charge in [0.25, 0.3) is 0 Å². The zero-order valence-electron chi connectivity index (χ0n) is 15.4. The van der Waals surface area contributed by atoms with E-state index in [2.05, 4.69) is 26.7 Å². The second-order valence-corrected chi connectivity index (χ2v) is 6.11. The van der Waals surface area contributed by atoms with Crippen molar-refractivity contribution >= 4 is 23.1 Å². The molecule has 0 radical (unpaired) electrons. The predicted molar refractivity (Wildman–Crippen MR) is 113 cm³/mol. The molecule has 6 heteroatoms. The molecule has 0 saturated carbocycles. The van der Waals surface area contributed by atoms with Gasteiger partial charge < -0.3 is 15.4 Å². The molecule has 0 bridgehead atoms. The molecule has 0 amide bonds. The minimum atomic E-state index is 0.404. The van der Waals surface area contributed by atoms with Crippen LogP contribution in [-0.2, 0) is 0 Å². The molecule has 0 fully saturated rings. The fourth-order valence-electron chi connectivity index (χ4n) is 2.68. The van der Waals surface area contributed by atoms with Crippen molar-refractivity contribution in [2.45, 2.75) is 0 Å². The number of nitriles is 1. The molecule has 1 aromatic heterocycles. The molecule has 4 aromatic rings. The Bertz CT molecular complexity index is 1140. The van der Waals surface area contributed by atoms with Crippen LogP contribution < -0.4 is 15.4 Å². The number of aromatic nitrogens is 2. The summed E-state index contributed by atoms with van der Waals surface area (Å²) in [5.74, 6) is 2.58. The molecule has 29 heavy (non-hydrogen) atoms. The van der Waals surface area contributed by atoms with Crippen LogP contribution in [0.15, 0.2) is 91.1 Å². The average Bonchev–Trinajstić information content (AvgIpc) is 2.77. The van der Waals surface area contributed by atoms with Crippen LogP contribution in [0.5, 0.6) is 11.5 Å². The number of ether oxygens (including phenoxy) is 1. The Morgan fingerprint density at radius 3 is 2.28 bits per heavy atom. The van der Waals surface area contributed by atoms with Crippen LogP contribution in [0.2, 0.25) is 0 Å². The van der Waals surface area contributed by atoms with Crippen molar-refractivity contribution in [1.82, 2.24) is 9.97 Å². The Hall–Kier alpha value is -4.37. The van der Waals surface area contributed by atoms with Crippen molar-refractivity contribution in [1.29, 1.82) is 5.26 Å². The van der Waals surface area contributed by atoms with Gasteiger partial charge in [-0.05, 0) is 54.6 Å². The van der Waals surface area contributed by atoms with E-state index in [1.54, 1.807) is 18.3 Å². The molecule has 2 N–H and O–H groups in total. The van der Waals surface area contributed by atoms with Gasteiger partial charge in [0.1, 0.15) is 23.4 Å². The number of rotatable bonds is 6. The maximum Gasteiger partial charge on any atom is 0.229 e. The first-order valence-electron chi connectivity index (χ1n) is 8.99. The van der Waals surface area contributed by atoms with Crippen molar-refractivity contribution in [3.8, 4) is 17.6 Å². The van der Waals surface area contributed by atoms with Gasteiger partial charge in [0, 0.05) is 11.9 Å². The van der Waals surface area contributed by atoms with Crippen LogP contribution in [0.25, 0.3) is 0 Å². The Kier molecular flexibility index (Phi) is 5.31. The number of hydrogen-bond donors (Lipinski definition) is 2. The molecule has 3 aromatic carbocycles. The van der Waals surface area contributed by atoms with E-state index in [0.717, 1.165) is 17.2 Å². The van der Waals surface area contributed by atoms with Crippen LogP contribution in [0.4, 0.5) is 23.1 Å². The fourth-order valence-corrected chi connectivity index (χ4v) is 2.68. The first-order chi connectivity index (χ1) is 14.3. The standard InChI is InChI=1S/C23H17N5O/c24-16-17-6-4-5-9-21(17)27-23-25-15-14-22(28-23)26-18-10-12-20(13-11-18)29-19-7-2-1-3-8-19/h1-15H,(H2,25,26,27,28). The highest BCUT2D eigenvalue weighted by molar-refractivity contribution is 5.64. The lowest BCUT2D eigenvalue weighted by molar-refractivity contribution is 0.483. The highest BCUT2D eigenvalue weighted by atomic mass is 16.5. The first-order valence-corrected chi connectivity index (χ1v) is 8.99. The summed E-state index contributed by atoms with van der Waals surface area (Å²) >= 11 is 0. The summed E-state index contributed by atoms with van der Waals surface area (Å²) in [5, 5.41) is 15.5. The van der Waals surface area contributed by atoms with Crippen LogP contribution in [0, 0.1) is 11.3 Å². The quantitative estimate of drug-likeness (QED) is 0.452. The van der Waals surface area contributed by atoms with E-state index in [1.165, 1.54) is 0 Å². The molecule has 140 valence electrons. The van der Waals surface area contributed by atoms with Crippen LogP contribution in [0.1, 0.15) is 5.56 Å². The normalized spacial score (nSPS) is 10.0. The van der Waals surface area contributed by atoms with E-state index in [-0.39, 0.29) is 0 Å². The molecule has 0 saturated heterocycles. The lowest BCUT2D eigenvalue weighted by atomic mass is 10.2. The minimum Gasteiger partial charge on any atom is -0.457 e. The van der Waals surface area contributed by atoms with Crippen LogP contribution in [0.3, 0.4) is 0 Å². The molecule has 0 aliphatic rings. The van der Waals surface area contributed by atoms with Gasteiger partial charge in [-0.3, -0.25) is 0 Å². The largest absolute Gasteiger partial charge is 0.457 e. The Morgan fingerprint density at radius 1 is 0.759 bits per heavy atom. The van der Waals surface area contributed by atoms with Gasteiger partial charge in [0.05, 0.1) is 11.3 Å². The monoisotopic (exact) mass is 379 g/mol. The third-order valence-electron chi connectivity index (χ3n) is 4.06. The van der Waals surface area contributed by atoms with Crippen molar-refractivity contribution in [3.05, 3.63) is 96.7 Å². The topological polar surface area (TPSA) is 82.9 Å². The first kappa shape index (κ1) is 18.0. The molecule has 0 unspecified atom stereocenters. The molecule has 4 rings (SSSR count). The van der Waals surface area contributed by atoms with E-state index in [4.69, 9.17) is 4.74 Å². The van der Waals surface area contributed by atoms with Crippen molar-refractivity contribution in [3.63, 3.8) is 0 Å². The van der Waals surface area contributed by atoms with Gasteiger partial charge in [0.15, 0.2) is 0 Å². The molecule has 0 atom stereocenters. The number of para-hydroxylation sites is 2. The third kappa shape index (κ3) is 4.67. The van der Waals surface area contributed by atoms with Gasteiger partial charge >= 0.3 is 0 Å². The summed E-state index contributed by atoms with van der Waals surface area (Å²) in [5.41, 5.74) is 2.06. The fraction of sp³-hybridized carbons (Fsp3) is 0. The van der Waals surface area contributed by atoms with E-state index in [1.807, 2.05) is 72.8 Å². The van der Waals surface area contributed by atoms with Crippen LogP contribution >= 0.6 is 0 Å². The zero-order valence-corrected chi connectivity index (χ0v) is 15.4. The van der Waals surface area contributed by atoms with Gasteiger partial charge in [-0.2, -0.15) is 10.2 Å². The van der Waals surface area contributed by atoms with Crippen molar-refractivity contribution in [2.75, 3.05) is 10.6 Å². The molecular formula is C23H17N5O. The highest BCUT2D eigenvalue weighted by Crippen LogP contribution is 2.24. The number of anilines is 4. The molecular weight excluding hydrogens is 362 g/mol. The lowest BCUT2D eigenvalue weighted by Gasteiger charge is -2.10. The van der Waals surface area contributed by atoms with Crippen molar-refractivity contribution < 1.29 is 4.74 Å². The molecule has 1 heterocycles. The zero-order chi connectivity index (χ0) is 19.9. The Morgan fingerprint density at radius 2 is 1.48 bits per heavy atom. The van der Waals surface area contributed by atoms with Gasteiger partial charge in [-0.15, -0.1) is 0 Å². The second kappa shape index (κ2) is 8.55. The summed E-state index contributed by atoms with van der Waals surface area (Å²) in [6.45, 7) is 0. The lowest BCUT2D eigenvalue weighted by Crippen LogP contribution is -2.01. The summed E-state index contributed by atoms with van der Waals surface area (Å²) in [6.07, 6.45) is 1.65. The molecule has 0 spiro atoms. The van der Waals surface area contributed by atoms with E-state index < -0.39 is 0 Å². The van der Waals surface area contributed by atoms with Gasteiger partial charge in [0.2, 0.25) is 5.95 Å². The summed E-state index contributed by atoms with van der Waals surface area (Å²) in [4.78, 5) is 8.68. The molecule has 0 aliphatic carbocycles. The number of benzene rings is 3. The smallest absolute Gasteiger partial charge is 0.229 e. The predicted octanol–water partition coefficient (Wildman–Crippen LogP) is 5.63. The molecule has 0 aliphatic heterocycles. The summed E-state index contributed by atoms with van der Waals surface area (Å²) in [6, 6.07) is 28.4. The highest BCUT2D eigenvalue weighted by Gasteiger charge is 2.05. The maximum absolute atomic E-state index is 9.21. The van der Waals surface area contributed by atoms with Crippen molar-refractivity contribution in [2.24, 2.45) is 0 Å². The Balaban J connectivity index is 1.44. The Labute approximate surface area is 168 Å². The SMILES string of the molecule is N#Cc1ccccc1Nc1nccc(Nc2ccc(Oc3ccccc3)cc2)n1.